The van der Waals surface area contributed by atoms with Crippen LogP contribution in [-0.2, 0) is 19.1 Å². The van der Waals surface area contributed by atoms with Crippen LogP contribution in [0.4, 0.5) is 11.4 Å². The zero-order valence-corrected chi connectivity index (χ0v) is 16.8. The van der Waals surface area contributed by atoms with Crippen molar-refractivity contribution in [2.75, 3.05) is 23.8 Å². The highest BCUT2D eigenvalue weighted by molar-refractivity contribution is 6.43. The molecule has 3 amide bonds. The van der Waals surface area contributed by atoms with Crippen LogP contribution in [0.5, 0.6) is 0 Å². The molecule has 2 rings (SSSR count). The van der Waals surface area contributed by atoms with Gasteiger partial charge in [0.1, 0.15) is 0 Å². The van der Waals surface area contributed by atoms with E-state index in [4.69, 9.17) is 27.9 Å². The molecular weight excluding hydrogens is 421 g/mol. The van der Waals surface area contributed by atoms with Crippen LogP contribution in [-0.4, -0.2) is 36.8 Å². The van der Waals surface area contributed by atoms with E-state index in [9.17, 15) is 19.2 Å². The monoisotopic (exact) mass is 437 g/mol. The van der Waals surface area contributed by atoms with Gasteiger partial charge in [-0.1, -0.05) is 23.2 Å². The molecule has 0 unspecified atom stereocenters. The van der Waals surface area contributed by atoms with Crippen LogP contribution in [0.15, 0.2) is 42.5 Å². The lowest BCUT2D eigenvalue weighted by Gasteiger charge is -2.08. The first-order valence-electron chi connectivity index (χ1n) is 8.41. The summed E-state index contributed by atoms with van der Waals surface area (Å²) in [4.78, 5) is 47.2. The fourth-order valence-corrected chi connectivity index (χ4v) is 2.41. The van der Waals surface area contributed by atoms with Crippen LogP contribution < -0.4 is 16.0 Å². The zero-order valence-electron chi connectivity index (χ0n) is 15.3. The average molecular weight is 438 g/mol. The number of hydrogen-bond donors (Lipinski definition) is 3. The van der Waals surface area contributed by atoms with E-state index in [-0.39, 0.29) is 17.3 Å². The van der Waals surface area contributed by atoms with E-state index in [1.807, 2.05) is 0 Å². The Balaban J connectivity index is 1.81. The maximum Gasteiger partial charge on any atom is 0.338 e. The van der Waals surface area contributed by atoms with Crippen molar-refractivity contribution in [2.24, 2.45) is 0 Å². The number of carbonyl (C=O) groups excluding carboxylic acids is 4. The first-order chi connectivity index (χ1) is 13.8. The third-order valence-corrected chi connectivity index (χ3v) is 4.21. The van der Waals surface area contributed by atoms with Gasteiger partial charge in [-0.25, -0.2) is 4.79 Å². The van der Waals surface area contributed by atoms with E-state index in [2.05, 4.69) is 16.0 Å². The van der Waals surface area contributed by atoms with Crippen LogP contribution in [0.3, 0.4) is 0 Å². The third-order valence-electron chi connectivity index (χ3n) is 3.47. The Kier molecular flexibility index (Phi) is 7.99. The molecular formula is C19H17Cl2N3O5. The topological polar surface area (TPSA) is 114 Å². The Bertz CT molecular complexity index is 932. The summed E-state index contributed by atoms with van der Waals surface area (Å²) in [6.45, 7) is 1.54. The summed E-state index contributed by atoms with van der Waals surface area (Å²) in [6, 6.07) is 10.4. The average Bonchev–Trinajstić information content (AvgIpc) is 2.69. The van der Waals surface area contributed by atoms with Crippen molar-refractivity contribution in [1.29, 1.82) is 0 Å². The second kappa shape index (κ2) is 10.4. The van der Waals surface area contributed by atoms with Crippen LogP contribution in [0.25, 0.3) is 0 Å². The predicted molar refractivity (Wildman–Crippen MR) is 109 cm³/mol. The molecule has 0 heterocycles. The molecule has 0 spiro atoms. The second-order valence-electron chi connectivity index (χ2n) is 5.61. The second-order valence-corrected chi connectivity index (χ2v) is 6.43. The van der Waals surface area contributed by atoms with Gasteiger partial charge in [0.25, 0.3) is 0 Å². The minimum atomic E-state index is -0.996. The minimum absolute atomic E-state index is 0.221. The van der Waals surface area contributed by atoms with Crippen LogP contribution in [0.2, 0.25) is 10.0 Å². The van der Waals surface area contributed by atoms with Crippen molar-refractivity contribution in [3.8, 4) is 0 Å². The van der Waals surface area contributed by atoms with Gasteiger partial charge in [0, 0.05) is 11.4 Å². The quantitative estimate of drug-likeness (QED) is 0.474. The highest BCUT2D eigenvalue weighted by Crippen LogP contribution is 2.24. The Morgan fingerprint density at radius 1 is 0.862 bits per heavy atom. The van der Waals surface area contributed by atoms with E-state index in [0.717, 1.165) is 0 Å². The lowest BCUT2D eigenvalue weighted by Crippen LogP contribution is -2.39. The Morgan fingerprint density at radius 2 is 1.52 bits per heavy atom. The first kappa shape index (κ1) is 22.2. The number of rotatable bonds is 6. The molecule has 29 heavy (non-hydrogen) atoms. The molecule has 0 bridgehead atoms. The smallest absolute Gasteiger partial charge is 0.338 e. The van der Waals surface area contributed by atoms with Crippen molar-refractivity contribution >= 4 is 58.3 Å². The number of anilines is 2. The molecule has 0 aromatic heterocycles. The van der Waals surface area contributed by atoms with Gasteiger partial charge in [0.2, 0.25) is 5.91 Å². The lowest BCUT2D eigenvalue weighted by atomic mass is 10.2. The van der Waals surface area contributed by atoms with Gasteiger partial charge in [-0.2, -0.15) is 0 Å². The summed E-state index contributed by atoms with van der Waals surface area (Å²) in [5.41, 5.74) is 1.04. The summed E-state index contributed by atoms with van der Waals surface area (Å²) in [5, 5.41) is 7.59. The number of benzene rings is 2. The number of amides is 3. The van der Waals surface area contributed by atoms with Crippen LogP contribution in [0.1, 0.15) is 17.3 Å². The fourth-order valence-electron chi connectivity index (χ4n) is 2.11. The van der Waals surface area contributed by atoms with Gasteiger partial charge in [-0.05, 0) is 49.4 Å². The van der Waals surface area contributed by atoms with Crippen molar-refractivity contribution < 1.29 is 23.9 Å². The summed E-state index contributed by atoms with van der Waals surface area (Å²) in [7, 11) is 0. The fraction of sp³-hybridized carbons (Fsp3) is 0.158. The van der Waals surface area contributed by atoms with Gasteiger partial charge < -0.3 is 20.7 Å². The molecule has 2 aromatic rings. The molecule has 0 saturated heterocycles. The molecule has 0 saturated carbocycles. The predicted octanol–water partition coefficient (Wildman–Crippen LogP) is 2.86. The van der Waals surface area contributed by atoms with Crippen LogP contribution in [0, 0.1) is 0 Å². The number of hydrogen-bond acceptors (Lipinski definition) is 5. The highest BCUT2D eigenvalue weighted by Gasteiger charge is 2.15. The molecule has 152 valence electrons. The van der Waals surface area contributed by atoms with E-state index < -0.39 is 30.2 Å². The molecule has 0 aliphatic heterocycles. The summed E-state index contributed by atoms with van der Waals surface area (Å²) >= 11 is 11.6. The first-order valence-corrected chi connectivity index (χ1v) is 9.17. The van der Waals surface area contributed by atoms with Crippen molar-refractivity contribution in [3.63, 3.8) is 0 Å². The standard InChI is InChI=1S/C19H17Cl2N3O5/c1-2-29-19(28)11-3-5-12(6-4-11)23-16(25)10-22-17(26)18(27)24-13-7-8-14(20)15(21)9-13/h3-9H,2,10H2,1H3,(H,22,26)(H,23,25)(H,24,27). The molecule has 3 N–H and O–H groups in total. The van der Waals surface area contributed by atoms with E-state index in [1.165, 1.54) is 42.5 Å². The Hall–Kier alpha value is -3.10. The van der Waals surface area contributed by atoms with Crippen molar-refractivity contribution in [3.05, 3.63) is 58.1 Å². The number of nitrogens with one attached hydrogen (secondary N) is 3. The Morgan fingerprint density at radius 3 is 2.14 bits per heavy atom. The minimum Gasteiger partial charge on any atom is -0.462 e. The van der Waals surface area contributed by atoms with E-state index >= 15 is 0 Å². The van der Waals surface area contributed by atoms with E-state index in [0.29, 0.717) is 16.3 Å². The van der Waals surface area contributed by atoms with Crippen molar-refractivity contribution in [2.45, 2.75) is 6.92 Å². The summed E-state index contributed by atoms with van der Waals surface area (Å²) < 4.78 is 4.87. The molecule has 0 radical (unpaired) electrons. The van der Waals surface area contributed by atoms with Gasteiger partial charge in [-0.15, -0.1) is 0 Å². The molecule has 0 atom stereocenters. The number of carbonyl (C=O) groups is 4. The maximum atomic E-state index is 11.9. The normalized spacial score (nSPS) is 10.0. The highest BCUT2D eigenvalue weighted by atomic mass is 35.5. The summed E-state index contributed by atoms with van der Waals surface area (Å²) in [5.74, 6) is -2.98. The molecule has 0 aliphatic rings. The zero-order chi connectivity index (χ0) is 21.4. The maximum absolute atomic E-state index is 11.9. The number of esters is 1. The van der Waals surface area contributed by atoms with Crippen LogP contribution >= 0.6 is 23.2 Å². The molecule has 8 nitrogen and oxygen atoms in total. The summed E-state index contributed by atoms with van der Waals surface area (Å²) in [6.07, 6.45) is 0. The van der Waals surface area contributed by atoms with E-state index in [1.54, 1.807) is 6.92 Å². The molecule has 2 aromatic carbocycles. The van der Waals surface area contributed by atoms with Gasteiger partial charge >= 0.3 is 17.8 Å². The number of ether oxygens (including phenoxy) is 1. The third kappa shape index (κ3) is 6.78. The number of halogens is 2. The van der Waals surface area contributed by atoms with Gasteiger partial charge in [-0.3, -0.25) is 14.4 Å². The van der Waals surface area contributed by atoms with Crippen molar-refractivity contribution in [1.82, 2.24) is 5.32 Å². The molecule has 10 heteroatoms. The largest absolute Gasteiger partial charge is 0.462 e. The lowest BCUT2D eigenvalue weighted by molar-refractivity contribution is -0.136. The van der Waals surface area contributed by atoms with Gasteiger partial charge in [0.15, 0.2) is 0 Å². The SMILES string of the molecule is CCOC(=O)c1ccc(NC(=O)CNC(=O)C(=O)Nc2ccc(Cl)c(Cl)c2)cc1. The molecule has 0 fully saturated rings. The Labute approximate surface area is 176 Å². The van der Waals surface area contributed by atoms with Gasteiger partial charge in [0.05, 0.1) is 28.8 Å². The molecule has 0 aliphatic carbocycles.